The first-order valence-corrected chi connectivity index (χ1v) is 8.12. The molecule has 3 aromatic rings. The van der Waals surface area contributed by atoms with E-state index < -0.39 is 0 Å². The lowest BCUT2D eigenvalue weighted by Crippen LogP contribution is -2.28. The number of nitrogens with one attached hydrogen (secondary N) is 2. The van der Waals surface area contributed by atoms with Gasteiger partial charge in [0.25, 0.3) is 0 Å². The molecule has 2 aromatic carbocycles. The number of rotatable bonds is 5. The van der Waals surface area contributed by atoms with Crippen molar-refractivity contribution in [1.29, 1.82) is 0 Å². The van der Waals surface area contributed by atoms with Crippen LogP contribution in [0.25, 0.3) is 10.2 Å². The number of carbonyl (C=O) groups excluding carboxylic acids is 1. The minimum absolute atomic E-state index is 0.302. The van der Waals surface area contributed by atoms with Gasteiger partial charge in [-0.15, -0.1) is 0 Å². The summed E-state index contributed by atoms with van der Waals surface area (Å²) in [5.41, 5.74) is 1.78. The van der Waals surface area contributed by atoms with Crippen molar-refractivity contribution in [3.05, 3.63) is 48.0 Å². The summed E-state index contributed by atoms with van der Waals surface area (Å²) in [6.45, 7) is 0.372. The van der Waals surface area contributed by atoms with Crippen molar-refractivity contribution in [2.24, 2.45) is 0 Å². The summed E-state index contributed by atoms with van der Waals surface area (Å²) in [5, 5.41) is 6.13. The molecule has 0 atom stereocenters. The van der Waals surface area contributed by atoms with Gasteiger partial charge in [-0.1, -0.05) is 29.5 Å². The third kappa shape index (κ3) is 3.57. The van der Waals surface area contributed by atoms with Crippen LogP contribution in [0, 0.1) is 0 Å². The SMILES string of the molecule is COc1ccc(CNC(=O)Nc2nc3ccccc3s2)cc1OC. The summed E-state index contributed by atoms with van der Waals surface area (Å²) in [4.78, 5) is 16.4. The molecule has 0 aliphatic rings. The normalized spacial score (nSPS) is 10.4. The molecule has 2 amide bonds. The topological polar surface area (TPSA) is 72.5 Å². The van der Waals surface area contributed by atoms with Crippen LogP contribution < -0.4 is 20.1 Å². The van der Waals surface area contributed by atoms with Gasteiger partial charge >= 0.3 is 6.03 Å². The monoisotopic (exact) mass is 343 g/mol. The van der Waals surface area contributed by atoms with Crippen molar-refractivity contribution in [2.45, 2.75) is 6.54 Å². The molecule has 0 bridgehead atoms. The zero-order chi connectivity index (χ0) is 16.9. The number of hydrogen-bond acceptors (Lipinski definition) is 5. The van der Waals surface area contributed by atoms with Crippen molar-refractivity contribution < 1.29 is 14.3 Å². The van der Waals surface area contributed by atoms with Crippen LogP contribution in [0.5, 0.6) is 11.5 Å². The third-order valence-corrected chi connectivity index (χ3v) is 4.37. The molecule has 0 fully saturated rings. The highest BCUT2D eigenvalue weighted by atomic mass is 32.1. The van der Waals surface area contributed by atoms with Gasteiger partial charge in [0.15, 0.2) is 16.6 Å². The lowest BCUT2D eigenvalue weighted by molar-refractivity contribution is 0.251. The highest BCUT2D eigenvalue weighted by Gasteiger charge is 2.08. The van der Waals surface area contributed by atoms with E-state index in [1.54, 1.807) is 20.3 Å². The second kappa shape index (κ2) is 7.18. The minimum Gasteiger partial charge on any atom is -0.493 e. The van der Waals surface area contributed by atoms with Crippen molar-refractivity contribution in [2.75, 3.05) is 19.5 Å². The van der Waals surface area contributed by atoms with Crippen molar-refractivity contribution in [3.63, 3.8) is 0 Å². The number of aromatic nitrogens is 1. The number of fused-ring (bicyclic) bond motifs is 1. The summed E-state index contributed by atoms with van der Waals surface area (Å²) < 4.78 is 11.5. The standard InChI is InChI=1S/C17H17N3O3S/c1-22-13-8-7-11(9-14(13)23-2)10-18-16(21)20-17-19-12-5-3-4-6-15(12)24-17/h3-9H,10H2,1-2H3,(H2,18,19,20,21). The molecule has 0 unspecified atom stereocenters. The zero-order valence-electron chi connectivity index (χ0n) is 13.3. The van der Waals surface area contributed by atoms with Crippen LogP contribution in [-0.4, -0.2) is 25.2 Å². The molecule has 24 heavy (non-hydrogen) atoms. The second-order valence-corrected chi connectivity index (χ2v) is 6.01. The van der Waals surface area contributed by atoms with Crippen LogP contribution in [0.3, 0.4) is 0 Å². The Kier molecular flexibility index (Phi) is 4.81. The van der Waals surface area contributed by atoms with E-state index in [2.05, 4.69) is 15.6 Å². The molecule has 2 N–H and O–H groups in total. The molecule has 0 spiro atoms. The van der Waals surface area contributed by atoms with Crippen LogP contribution in [0.4, 0.5) is 9.93 Å². The number of ether oxygens (including phenoxy) is 2. The molecule has 0 radical (unpaired) electrons. The Labute approximate surface area is 143 Å². The fourth-order valence-corrected chi connectivity index (χ4v) is 3.10. The first-order chi connectivity index (χ1) is 11.7. The van der Waals surface area contributed by atoms with Crippen LogP contribution in [0.15, 0.2) is 42.5 Å². The molecule has 1 aromatic heterocycles. The predicted octanol–water partition coefficient (Wildman–Crippen LogP) is 3.64. The van der Waals surface area contributed by atoms with Gasteiger partial charge in [-0.05, 0) is 29.8 Å². The lowest BCUT2D eigenvalue weighted by Gasteiger charge is -2.10. The number of amides is 2. The molecule has 0 aliphatic carbocycles. The summed E-state index contributed by atoms with van der Waals surface area (Å²) in [6.07, 6.45) is 0. The summed E-state index contributed by atoms with van der Waals surface area (Å²) in [5.74, 6) is 1.28. The quantitative estimate of drug-likeness (QED) is 0.742. The second-order valence-electron chi connectivity index (χ2n) is 4.98. The molecular formula is C17H17N3O3S. The number of urea groups is 1. The van der Waals surface area contributed by atoms with Gasteiger partial charge in [0.1, 0.15) is 0 Å². The van der Waals surface area contributed by atoms with E-state index in [1.165, 1.54) is 11.3 Å². The number of nitrogens with zero attached hydrogens (tertiary/aromatic N) is 1. The minimum atomic E-state index is -0.302. The van der Waals surface area contributed by atoms with Crippen molar-refractivity contribution >= 4 is 32.7 Å². The fourth-order valence-electron chi connectivity index (χ4n) is 2.24. The molecule has 0 aliphatic heterocycles. The summed E-state index contributed by atoms with van der Waals surface area (Å²) in [6, 6.07) is 13.0. The van der Waals surface area contributed by atoms with Crippen LogP contribution in [-0.2, 0) is 6.54 Å². The zero-order valence-corrected chi connectivity index (χ0v) is 14.1. The first-order valence-electron chi connectivity index (χ1n) is 7.31. The number of carbonyl (C=O) groups is 1. The number of methoxy groups -OCH3 is 2. The maximum Gasteiger partial charge on any atom is 0.321 e. The Balaban J connectivity index is 1.61. The lowest BCUT2D eigenvalue weighted by atomic mass is 10.2. The predicted molar refractivity (Wildman–Crippen MR) is 95.0 cm³/mol. The number of hydrogen-bond donors (Lipinski definition) is 2. The Morgan fingerprint density at radius 2 is 1.92 bits per heavy atom. The van der Waals surface area contributed by atoms with Gasteiger partial charge < -0.3 is 14.8 Å². The maximum atomic E-state index is 12.0. The van der Waals surface area contributed by atoms with E-state index in [1.807, 2.05) is 36.4 Å². The molecule has 7 heteroatoms. The Morgan fingerprint density at radius 3 is 2.67 bits per heavy atom. The Bertz CT molecular complexity index is 830. The third-order valence-electron chi connectivity index (χ3n) is 3.42. The molecule has 0 saturated heterocycles. The molecule has 1 heterocycles. The van der Waals surface area contributed by atoms with Crippen LogP contribution >= 0.6 is 11.3 Å². The van der Waals surface area contributed by atoms with Gasteiger partial charge in [0.05, 0.1) is 24.4 Å². The largest absolute Gasteiger partial charge is 0.493 e. The smallest absolute Gasteiger partial charge is 0.321 e. The van der Waals surface area contributed by atoms with Crippen molar-refractivity contribution in [1.82, 2.24) is 10.3 Å². The van der Waals surface area contributed by atoms with E-state index in [0.29, 0.717) is 23.2 Å². The highest BCUT2D eigenvalue weighted by molar-refractivity contribution is 7.22. The maximum absolute atomic E-state index is 12.0. The molecule has 3 rings (SSSR count). The van der Waals surface area contributed by atoms with E-state index >= 15 is 0 Å². The highest BCUT2D eigenvalue weighted by Crippen LogP contribution is 2.27. The average molecular weight is 343 g/mol. The fraction of sp³-hybridized carbons (Fsp3) is 0.176. The summed E-state index contributed by atoms with van der Waals surface area (Å²) >= 11 is 1.44. The van der Waals surface area contributed by atoms with E-state index in [9.17, 15) is 4.79 Å². The number of thiazole rings is 1. The van der Waals surface area contributed by atoms with E-state index in [-0.39, 0.29) is 6.03 Å². The number of para-hydroxylation sites is 1. The van der Waals surface area contributed by atoms with Gasteiger partial charge in [-0.25, -0.2) is 9.78 Å². The van der Waals surface area contributed by atoms with E-state index in [4.69, 9.17) is 9.47 Å². The van der Waals surface area contributed by atoms with Crippen LogP contribution in [0.2, 0.25) is 0 Å². The van der Waals surface area contributed by atoms with Crippen molar-refractivity contribution in [3.8, 4) is 11.5 Å². The van der Waals surface area contributed by atoms with E-state index in [0.717, 1.165) is 15.8 Å². The van der Waals surface area contributed by atoms with Gasteiger partial charge in [0, 0.05) is 6.54 Å². The molecule has 0 saturated carbocycles. The molecule has 124 valence electrons. The van der Waals surface area contributed by atoms with Crippen LogP contribution in [0.1, 0.15) is 5.56 Å². The van der Waals surface area contributed by atoms with Gasteiger partial charge in [-0.3, -0.25) is 5.32 Å². The number of benzene rings is 2. The first kappa shape index (κ1) is 16.1. The Hall–Kier alpha value is -2.80. The molecule has 6 nitrogen and oxygen atoms in total. The Morgan fingerprint density at radius 1 is 1.12 bits per heavy atom. The average Bonchev–Trinajstić information content (AvgIpc) is 3.01. The van der Waals surface area contributed by atoms with Gasteiger partial charge in [0.2, 0.25) is 0 Å². The number of anilines is 1. The van der Waals surface area contributed by atoms with Gasteiger partial charge in [-0.2, -0.15) is 0 Å². The molecular weight excluding hydrogens is 326 g/mol. The summed E-state index contributed by atoms with van der Waals surface area (Å²) in [7, 11) is 3.16.